The van der Waals surface area contributed by atoms with E-state index in [1.807, 2.05) is 11.3 Å². The van der Waals surface area contributed by atoms with Gasteiger partial charge in [-0.1, -0.05) is 27.7 Å². The lowest BCUT2D eigenvalue weighted by atomic mass is 9.80. The van der Waals surface area contributed by atoms with E-state index in [4.69, 9.17) is 0 Å². The Balaban J connectivity index is 2.00. The van der Waals surface area contributed by atoms with Crippen LogP contribution in [-0.4, -0.2) is 12.6 Å². The summed E-state index contributed by atoms with van der Waals surface area (Å²) in [5.74, 6) is 0.941. The molecule has 102 valence electrons. The molecule has 1 aliphatic carbocycles. The molecule has 1 atom stereocenters. The molecule has 1 aromatic heterocycles. The largest absolute Gasteiger partial charge is 0.314 e. The normalized spacial score (nSPS) is 19.2. The summed E-state index contributed by atoms with van der Waals surface area (Å²) < 4.78 is 0. The van der Waals surface area contributed by atoms with E-state index in [-0.39, 0.29) is 0 Å². The van der Waals surface area contributed by atoms with Crippen LogP contribution in [0.5, 0.6) is 0 Å². The Bertz CT molecular complexity index is 378. The van der Waals surface area contributed by atoms with E-state index < -0.39 is 0 Å². The molecule has 1 aromatic rings. The molecular formula is C16H27NS. The fraction of sp³-hybridized carbons (Fsp3) is 0.750. The lowest BCUT2D eigenvalue weighted by Crippen LogP contribution is -2.38. The number of aryl methyl sites for hydroxylation is 1. The highest BCUT2D eigenvalue weighted by atomic mass is 32.1. The molecule has 0 spiro atoms. The van der Waals surface area contributed by atoms with Gasteiger partial charge in [-0.25, -0.2) is 0 Å². The van der Waals surface area contributed by atoms with E-state index in [1.54, 1.807) is 4.88 Å². The number of rotatable bonds is 7. The summed E-state index contributed by atoms with van der Waals surface area (Å²) in [5, 5.41) is 3.65. The van der Waals surface area contributed by atoms with Crippen molar-refractivity contribution in [2.45, 2.75) is 59.4 Å². The van der Waals surface area contributed by atoms with Crippen LogP contribution >= 0.6 is 11.3 Å². The van der Waals surface area contributed by atoms with Crippen LogP contribution in [0.4, 0.5) is 0 Å². The lowest BCUT2D eigenvalue weighted by Gasteiger charge is -2.31. The minimum atomic E-state index is 0.458. The molecule has 0 aromatic carbocycles. The second kappa shape index (κ2) is 5.75. The lowest BCUT2D eigenvalue weighted by molar-refractivity contribution is 0.250. The average Bonchev–Trinajstić information content (AvgIpc) is 3.09. The van der Waals surface area contributed by atoms with Crippen LogP contribution < -0.4 is 5.32 Å². The molecule has 0 saturated heterocycles. The van der Waals surface area contributed by atoms with Crippen molar-refractivity contribution in [1.82, 2.24) is 5.32 Å². The van der Waals surface area contributed by atoms with Gasteiger partial charge in [0.15, 0.2) is 0 Å². The van der Waals surface area contributed by atoms with Gasteiger partial charge in [-0.05, 0) is 49.1 Å². The second-order valence-corrected chi connectivity index (χ2v) is 7.62. The Kier molecular flexibility index (Phi) is 4.50. The van der Waals surface area contributed by atoms with Gasteiger partial charge in [-0.2, -0.15) is 0 Å². The highest BCUT2D eigenvalue weighted by Gasteiger charge is 2.41. The van der Waals surface area contributed by atoms with Crippen LogP contribution in [0.15, 0.2) is 12.1 Å². The quantitative estimate of drug-likeness (QED) is 0.776. The molecule has 1 nitrogen and oxygen atoms in total. The third kappa shape index (κ3) is 3.58. The highest BCUT2D eigenvalue weighted by molar-refractivity contribution is 7.11. The summed E-state index contributed by atoms with van der Waals surface area (Å²) >= 11 is 2.01. The Hall–Kier alpha value is -0.340. The van der Waals surface area contributed by atoms with Gasteiger partial charge >= 0.3 is 0 Å². The maximum Gasteiger partial charge on any atom is 0.00541 e. The Morgan fingerprint density at radius 1 is 1.33 bits per heavy atom. The van der Waals surface area contributed by atoms with Gasteiger partial charge in [0, 0.05) is 22.3 Å². The zero-order chi connectivity index (χ0) is 13.2. The molecule has 18 heavy (non-hydrogen) atoms. The van der Waals surface area contributed by atoms with Gasteiger partial charge in [0.1, 0.15) is 0 Å². The fourth-order valence-corrected chi connectivity index (χ4v) is 3.83. The van der Waals surface area contributed by atoms with Crippen LogP contribution in [0.2, 0.25) is 0 Å². The van der Waals surface area contributed by atoms with Crippen LogP contribution in [0, 0.1) is 11.3 Å². The predicted molar refractivity (Wildman–Crippen MR) is 81.4 cm³/mol. The molecule has 0 amide bonds. The summed E-state index contributed by atoms with van der Waals surface area (Å²) in [5.41, 5.74) is 0.458. The van der Waals surface area contributed by atoms with Crippen molar-refractivity contribution in [2.75, 3.05) is 6.54 Å². The molecule has 2 rings (SSSR count). The molecule has 1 N–H and O–H groups in total. The minimum Gasteiger partial charge on any atom is -0.314 e. The van der Waals surface area contributed by atoms with E-state index >= 15 is 0 Å². The van der Waals surface area contributed by atoms with Crippen molar-refractivity contribution < 1.29 is 0 Å². The van der Waals surface area contributed by atoms with Crippen molar-refractivity contribution in [2.24, 2.45) is 11.3 Å². The molecular weight excluding hydrogens is 238 g/mol. The van der Waals surface area contributed by atoms with Gasteiger partial charge in [-0.15, -0.1) is 11.3 Å². The standard InChI is InChI=1S/C16H27NS/c1-5-14-8-9-15(18-14)10-16(4,13-6-7-13)11-17-12(2)3/h8-9,12-13,17H,5-7,10-11H2,1-4H3. The number of hydrogen-bond donors (Lipinski definition) is 1. The van der Waals surface area contributed by atoms with Crippen LogP contribution in [-0.2, 0) is 12.8 Å². The second-order valence-electron chi connectivity index (χ2n) is 6.36. The van der Waals surface area contributed by atoms with E-state index in [9.17, 15) is 0 Å². The molecule has 0 aliphatic heterocycles. The summed E-state index contributed by atoms with van der Waals surface area (Å²) in [4.78, 5) is 3.10. The van der Waals surface area contributed by atoms with Gasteiger partial charge in [0.25, 0.3) is 0 Å². The van der Waals surface area contributed by atoms with Crippen molar-refractivity contribution >= 4 is 11.3 Å². The SMILES string of the molecule is CCc1ccc(CC(C)(CNC(C)C)C2CC2)s1. The van der Waals surface area contributed by atoms with Crippen LogP contribution in [0.3, 0.4) is 0 Å². The third-order valence-corrected chi connectivity index (χ3v) is 5.35. The van der Waals surface area contributed by atoms with Crippen molar-refractivity contribution in [3.8, 4) is 0 Å². The molecule has 2 heteroatoms. The first-order valence-corrected chi connectivity index (χ1v) is 8.16. The third-order valence-electron chi connectivity index (χ3n) is 4.12. The smallest absolute Gasteiger partial charge is 0.00541 e. The Morgan fingerprint density at radius 2 is 2.00 bits per heavy atom. The minimum absolute atomic E-state index is 0.458. The van der Waals surface area contributed by atoms with Gasteiger partial charge in [0.05, 0.1) is 0 Å². The Morgan fingerprint density at radius 3 is 2.50 bits per heavy atom. The Labute approximate surface area is 116 Å². The van der Waals surface area contributed by atoms with Crippen molar-refractivity contribution in [3.63, 3.8) is 0 Å². The average molecular weight is 265 g/mol. The van der Waals surface area contributed by atoms with E-state index in [0.717, 1.165) is 12.5 Å². The monoisotopic (exact) mass is 265 g/mol. The van der Waals surface area contributed by atoms with Gasteiger partial charge < -0.3 is 5.32 Å². The van der Waals surface area contributed by atoms with Gasteiger partial charge in [0.2, 0.25) is 0 Å². The van der Waals surface area contributed by atoms with Crippen LogP contribution in [0.25, 0.3) is 0 Å². The number of nitrogens with one attached hydrogen (secondary N) is 1. The first-order valence-electron chi connectivity index (χ1n) is 7.34. The maximum absolute atomic E-state index is 3.65. The zero-order valence-electron chi connectivity index (χ0n) is 12.3. The first kappa shape index (κ1) is 14.1. The number of thiophene rings is 1. The van der Waals surface area contributed by atoms with E-state index in [0.29, 0.717) is 11.5 Å². The van der Waals surface area contributed by atoms with E-state index in [2.05, 4.69) is 45.1 Å². The summed E-state index contributed by atoms with van der Waals surface area (Å²) in [6, 6.07) is 5.25. The van der Waals surface area contributed by atoms with Crippen LogP contribution in [0.1, 0.15) is 50.3 Å². The summed E-state index contributed by atoms with van der Waals surface area (Å²) in [6.07, 6.45) is 5.29. The zero-order valence-corrected chi connectivity index (χ0v) is 13.1. The molecule has 1 fully saturated rings. The van der Waals surface area contributed by atoms with Crippen molar-refractivity contribution in [1.29, 1.82) is 0 Å². The summed E-state index contributed by atoms with van der Waals surface area (Å²) in [6.45, 7) is 10.4. The van der Waals surface area contributed by atoms with E-state index in [1.165, 1.54) is 30.6 Å². The molecule has 1 unspecified atom stereocenters. The number of hydrogen-bond acceptors (Lipinski definition) is 2. The topological polar surface area (TPSA) is 12.0 Å². The molecule has 1 heterocycles. The molecule has 0 bridgehead atoms. The highest BCUT2D eigenvalue weighted by Crippen LogP contribution is 2.47. The van der Waals surface area contributed by atoms with Crippen molar-refractivity contribution in [3.05, 3.63) is 21.9 Å². The molecule has 1 aliphatic rings. The first-order chi connectivity index (χ1) is 8.53. The fourth-order valence-electron chi connectivity index (χ4n) is 2.67. The molecule has 0 radical (unpaired) electrons. The summed E-state index contributed by atoms with van der Waals surface area (Å²) in [7, 11) is 0. The molecule has 1 saturated carbocycles. The predicted octanol–water partition coefficient (Wildman–Crippen LogP) is 4.27. The maximum atomic E-state index is 3.65. The van der Waals surface area contributed by atoms with Gasteiger partial charge in [-0.3, -0.25) is 0 Å².